The molecule has 1 fully saturated rings. The van der Waals surface area contributed by atoms with E-state index in [0.717, 1.165) is 0 Å². The monoisotopic (exact) mass is 358 g/mol. The number of halogens is 6. The van der Waals surface area contributed by atoms with Crippen molar-refractivity contribution in [3.63, 3.8) is 0 Å². The molecule has 0 unspecified atom stereocenters. The first kappa shape index (κ1) is 14.6. The summed E-state index contributed by atoms with van der Waals surface area (Å²) in [6.45, 7) is 4.43. The van der Waals surface area contributed by atoms with Gasteiger partial charge >= 0.3 is 113 Å². The van der Waals surface area contributed by atoms with Gasteiger partial charge in [0.15, 0.2) is 0 Å². The summed E-state index contributed by atoms with van der Waals surface area (Å²) in [5.41, 5.74) is 0. The van der Waals surface area contributed by atoms with Gasteiger partial charge in [0.25, 0.3) is 0 Å². The molecule has 14 heavy (non-hydrogen) atoms. The maximum absolute atomic E-state index is 6.16. The molecule has 0 aliphatic carbocycles. The van der Waals surface area contributed by atoms with Gasteiger partial charge in [-0.25, -0.2) is 0 Å². The van der Waals surface area contributed by atoms with Crippen molar-refractivity contribution in [1.82, 2.24) is 8.88 Å². The van der Waals surface area contributed by atoms with Crippen LogP contribution in [0.1, 0.15) is 13.8 Å². The first-order valence-electron chi connectivity index (χ1n) is 3.86. The van der Waals surface area contributed by atoms with E-state index in [0.29, 0.717) is 13.1 Å². The number of hydrogen-bond acceptors (Lipinski definition) is 2. The molecule has 1 heterocycles. The van der Waals surface area contributed by atoms with E-state index in [4.69, 9.17) is 67.4 Å². The number of rotatable bonds is 2. The van der Waals surface area contributed by atoms with Crippen LogP contribution in [0.15, 0.2) is 0 Å². The van der Waals surface area contributed by atoms with Gasteiger partial charge in [0.2, 0.25) is 0 Å². The third kappa shape index (κ3) is 1.79. The Labute approximate surface area is 112 Å². The molecule has 0 N–H and O–H groups in total. The molecular weight excluding hydrogens is 351 g/mol. The predicted octanol–water partition coefficient (Wildman–Crippen LogP) is 6.33. The van der Waals surface area contributed by atoms with Crippen molar-refractivity contribution in [2.45, 2.75) is 13.8 Å². The summed E-state index contributed by atoms with van der Waals surface area (Å²) in [5, 5.41) is 0. The fourth-order valence-electron chi connectivity index (χ4n) is 1.55. The van der Waals surface area contributed by atoms with Crippen LogP contribution in [0.3, 0.4) is 0 Å². The normalized spacial score (nSPS) is 39.7. The van der Waals surface area contributed by atoms with Gasteiger partial charge in [-0.2, -0.15) is 0 Å². The van der Waals surface area contributed by atoms with Crippen molar-refractivity contribution in [3.8, 4) is 0 Å². The van der Waals surface area contributed by atoms with Gasteiger partial charge in [0.05, 0.1) is 0 Å². The molecule has 1 aliphatic heterocycles. The van der Waals surface area contributed by atoms with E-state index in [1.807, 2.05) is 0 Å². The Morgan fingerprint density at radius 2 is 0.929 bits per heavy atom. The van der Waals surface area contributed by atoms with E-state index in [1.165, 1.54) is 8.88 Å². The SMILES string of the molecule is CCN1P(Cl)(Cl)(Cl)N(CC)P1(Cl)(Cl)Cl. The Bertz CT molecular complexity index is 222. The molecule has 0 aromatic carbocycles. The summed E-state index contributed by atoms with van der Waals surface area (Å²) in [4.78, 5) is -7.29. The van der Waals surface area contributed by atoms with Crippen molar-refractivity contribution in [2.75, 3.05) is 13.1 Å². The van der Waals surface area contributed by atoms with E-state index in [9.17, 15) is 0 Å². The molecule has 1 aliphatic rings. The molecule has 0 spiro atoms. The topological polar surface area (TPSA) is 6.48 Å². The van der Waals surface area contributed by atoms with E-state index in [2.05, 4.69) is 0 Å². The van der Waals surface area contributed by atoms with Crippen LogP contribution in [0.4, 0.5) is 0 Å². The summed E-state index contributed by atoms with van der Waals surface area (Å²) in [7, 11) is 0. The molecule has 0 saturated carbocycles. The van der Waals surface area contributed by atoms with Gasteiger partial charge < -0.3 is 0 Å². The molecule has 0 aromatic heterocycles. The Hall–Kier alpha value is 2.52. The van der Waals surface area contributed by atoms with Crippen LogP contribution in [-0.4, -0.2) is 22.0 Å². The Balaban J connectivity index is 3.21. The van der Waals surface area contributed by atoms with Gasteiger partial charge in [0, 0.05) is 0 Å². The summed E-state index contributed by atoms with van der Waals surface area (Å²) >= 11 is 37.0. The number of hydrogen-bond donors (Lipinski definition) is 0. The molecule has 88 valence electrons. The Morgan fingerprint density at radius 1 is 0.714 bits per heavy atom. The Kier molecular flexibility index (Phi) is 3.66. The van der Waals surface area contributed by atoms with Crippen LogP contribution in [0, 0.1) is 0 Å². The van der Waals surface area contributed by atoms with E-state index < -0.39 is 9.93 Å². The zero-order valence-corrected chi connectivity index (χ0v) is 13.8. The molecule has 1 rings (SSSR count). The van der Waals surface area contributed by atoms with Crippen LogP contribution in [-0.2, 0) is 0 Å². The molecule has 10 heteroatoms. The molecule has 0 atom stereocenters. The van der Waals surface area contributed by atoms with E-state index in [1.54, 1.807) is 13.8 Å². The first-order valence-corrected chi connectivity index (χ1v) is 13.6. The van der Waals surface area contributed by atoms with Gasteiger partial charge in [-0.15, -0.1) is 0 Å². The average Bonchev–Trinajstić information content (AvgIpc) is 1.80. The number of nitrogens with zero attached hydrogens (tertiary/aromatic N) is 2. The van der Waals surface area contributed by atoms with Crippen LogP contribution in [0.5, 0.6) is 0 Å². The predicted molar refractivity (Wildman–Crippen MR) is 73.7 cm³/mol. The zero-order valence-electron chi connectivity index (χ0n) is 7.47. The minimum absolute atomic E-state index is 0.416. The second-order valence-corrected chi connectivity index (χ2v) is 23.0. The second-order valence-electron chi connectivity index (χ2n) is 2.85. The second kappa shape index (κ2) is 3.51. The molecule has 2 nitrogen and oxygen atoms in total. The van der Waals surface area contributed by atoms with Gasteiger partial charge in [-0.3, -0.25) is 0 Å². The maximum atomic E-state index is 6.16. The summed E-state index contributed by atoms with van der Waals surface area (Å²) in [5.74, 6) is 0. The fraction of sp³-hybridized carbons (Fsp3) is 1.00. The zero-order chi connectivity index (χ0) is 11.5. The van der Waals surface area contributed by atoms with Crippen molar-refractivity contribution in [2.24, 2.45) is 0 Å². The van der Waals surface area contributed by atoms with E-state index in [-0.39, 0.29) is 0 Å². The van der Waals surface area contributed by atoms with E-state index >= 15 is 0 Å². The van der Waals surface area contributed by atoms with Crippen LogP contribution < -0.4 is 0 Å². The van der Waals surface area contributed by atoms with Crippen molar-refractivity contribution < 1.29 is 0 Å². The summed E-state index contributed by atoms with van der Waals surface area (Å²) < 4.78 is 2.85. The third-order valence-electron chi connectivity index (χ3n) is 2.03. The molecule has 0 bridgehead atoms. The quantitative estimate of drug-likeness (QED) is 0.530. The molecule has 0 radical (unpaired) electrons. The molecular formula is C4H10Cl6N2P2. The minimum atomic E-state index is -3.64. The fourth-order valence-corrected chi connectivity index (χ4v) is 31.7. The summed E-state index contributed by atoms with van der Waals surface area (Å²) in [6.07, 6.45) is 0. The van der Waals surface area contributed by atoms with Crippen LogP contribution >= 0.6 is 77.4 Å². The van der Waals surface area contributed by atoms with Crippen molar-refractivity contribution in [1.29, 1.82) is 0 Å². The van der Waals surface area contributed by atoms with Crippen molar-refractivity contribution in [3.05, 3.63) is 0 Å². The van der Waals surface area contributed by atoms with Crippen LogP contribution in [0.2, 0.25) is 0 Å². The van der Waals surface area contributed by atoms with Gasteiger partial charge in [-0.05, 0) is 0 Å². The average molecular weight is 361 g/mol. The molecule has 1 saturated heterocycles. The molecule has 0 amide bonds. The van der Waals surface area contributed by atoms with Gasteiger partial charge in [0.1, 0.15) is 0 Å². The standard InChI is InChI=1S/C4H10Cl6N2P2/c1-3-11-13(5,6,7)12(4-2)14(11,8,9)10/h3-4H2,1-2H3. The summed E-state index contributed by atoms with van der Waals surface area (Å²) in [6, 6.07) is 0. The third-order valence-corrected chi connectivity index (χ3v) is 20.6. The Morgan fingerprint density at radius 3 is 1.07 bits per heavy atom. The first-order chi connectivity index (χ1) is 5.95. The van der Waals surface area contributed by atoms with Gasteiger partial charge in [-0.1, -0.05) is 0 Å². The van der Waals surface area contributed by atoms with Crippen molar-refractivity contribution >= 4 is 77.4 Å². The molecule has 0 aromatic rings. The van der Waals surface area contributed by atoms with Crippen LogP contribution in [0.25, 0.3) is 0 Å².